The van der Waals surface area contributed by atoms with Crippen molar-refractivity contribution in [2.24, 2.45) is 11.3 Å². The normalized spacial score (nSPS) is 24.1. The number of hydrogen-bond donors (Lipinski definition) is 2. The van der Waals surface area contributed by atoms with Crippen molar-refractivity contribution in [2.45, 2.75) is 39.0 Å². The zero-order valence-electron chi connectivity index (χ0n) is 21.5. The maximum Gasteiger partial charge on any atom is 0.235 e. The lowest BCUT2D eigenvalue weighted by Gasteiger charge is -2.45. The predicted octanol–water partition coefficient (Wildman–Crippen LogP) is 4.29. The highest BCUT2D eigenvalue weighted by molar-refractivity contribution is 6.00. The number of ether oxygens (including phenoxy) is 1. The first-order chi connectivity index (χ1) is 17.3. The van der Waals surface area contributed by atoms with E-state index in [0.29, 0.717) is 32.4 Å². The van der Waals surface area contributed by atoms with Gasteiger partial charge in [-0.15, -0.1) is 0 Å². The zero-order chi connectivity index (χ0) is 25.6. The highest BCUT2D eigenvalue weighted by atomic mass is 16.5. The molecule has 36 heavy (non-hydrogen) atoms. The second-order valence-corrected chi connectivity index (χ2v) is 10.5. The number of benzene rings is 2. The van der Waals surface area contributed by atoms with Crippen LogP contribution in [0, 0.1) is 11.3 Å². The lowest BCUT2D eigenvalue weighted by Crippen LogP contribution is -2.51. The number of aromatic nitrogens is 1. The maximum absolute atomic E-state index is 14.2. The Morgan fingerprint density at radius 3 is 2.75 bits per heavy atom. The van der Waals surface area contributed by atoms with Crippen molar-refractivity contribution in [3.8, 4) is 11.5 Å². The number of hydrogen-bond acceptors (Lipinski definition) is 5. The monoisotopic (exact) mass is 489 g/mol. The van der Waals surface area contributed by atoms with Crippen LogP contribution in [0.4, 0.5) is 0 Å². The van der Waals surface area contributed by atoms with Crippen molar-refractivity contribution in [1.29, 1.82) is 0 Å². The minimum Gasteiger partial charge on any atom is -0.508 e. The number of phenols is 1. The second kappa shape index (κ2) is 9.28. The molecule has 2 aliphatic rings. The molecule has 0 saturated carbocycles. The Morgan fingerprint density at radius 2 is 2.03 bits per heavy atom. The molecule has 0 spiro atoms. The molecule has 3 aromatic rings. The Labute approximate surface area is 212 Å². The molecule has 1 saturated heterocycles. The molecule has 1 aliphatic carbocycles. The molecular formula is C29H35N3O4. The number of carbonyl (C=O) groups is 2. The zero-order valence-corrected chi connectivity index (χ0v) is 21.5. The summed E-state index contributed by atoms with van der Waals surface area (Å²) in [5.74, 6) is 0.528. The molecule has 0 bridgehead atoms. The molecule has 1 fully saturated rings. The molecule has 2 N–H and O–H groups in total. The predicted molar refractivity (Wildman–Crippen MR) is 139 cm³/mol. The van der Waals surface area contributed by atoms with Gasteiger partial charge in [-0.1, -0.05) is 26.0 Å². The van der Waals surface area contributed by atoms with Crippen molar-refractivity contribution in [1.82, 2.24) is 14.8 Å². The van der Waals surface area contributed by atoms with E-state index < -0.39 is 5.41 Å². The number of rotatable bonds is 6. The summed E-state index contributed by atoms with van der Waals surface area (Å²) in [6, 6.07) is 13.3. The highest BCUT2D eigenvalue weighted by Crippen LogP contribution is 2.55. The number of fused-ring (bicyclic) bond motifs is 4. The van der Waals surface area contributed by atoms with Gasteiger partial charge in [-0.2, -0.15) is 0 Å². The number of likely N-dealkylation sites (tertiary alicyclic amines) is 1. The third-order valence-corrected chi connectivity index (χ3v) is 8.40. The molecule has 2 aromatic carbocycles. The van der Waals surface area contributed by atoms with E-state index in [1.807, 2.05) is 44.3 Å². The topological polar surface area (TPSA) is 85.9 Å². The smallest absolute Gasteiger partial charge is 0.235 e. The number of carbonyl (C=O) groups excluding carboxylic acids is 2. The minimum absolute atomic E-state index is 0.0902. The third kappa shape index (κ3) is 3.95. The largest absolute Gasteiger partial charge is 0.508 e. The van der Waals surface area contributed by atoms with Crippen LogP contribution in [0.1, 0.15) is 49.4 Å². The molecule has 0 radical (unpaired) electrons. The fraction of sp³-hybridized carbons (Fsp3) is 0.448. The second-order valence-electron chi connectivity index (χ2n) is 10.5. The average molecular weight is 490 g/mol. The molecular weight excluding hydrogens is 454 g/mol. The van der Waals surface area contributed by atoms with Crippen molar-refractivity contribution in [3.63, 3.8) is 0 Å². The summed E-state index contributed by atoms with van der Waals surface area (Å²) in [5, 5.41) is 11.4. The van der Waals surface area contributed by atoms with Crippen molar-refractivity contribution < 1.29 is 19.4 Å². The van der Waals surface area contributed by atoms with E-state index in [0.717, 1.165) is 40.0 Å². The lowest BCUT2D eigenvalue weighted by atomic mass is 9.59. The van der Waals surface area contributed by atoms with Crippen LogP contribution in [-0.4, -0.2) is 65.5 Å². The van der Waals surface area contributed by atoms with Gasteiger partial charge in [0.2, 0.25) is 11.8 Å². The van der Waals surface area contributed by atoms with Crippen LogP contribution >= 0.6 is 0 Å². The summed E-state index contributed by atoms with van der Waals surface area (Å²) in [6.07, 6.45) is 1.49. The molecule has 190 valence electrons. The van der Waals surface area contributed by atoms with Gasteiger partial charge in [0.1, 0.15) is 11.5 Å². The van der Waals surface area contributed by atoms with Gasteiger partial charge >= 0.3 is 0 Å². The molecule has 2 amide bonds. The molecule has 2 heterocycles. The quantitative estimate of drug-likeness (QED) is 0.505. The Hall–Kier alpha value is -3.32. The van der Waals surface area contributed by atoms with Crippen LogP contribution in [0.5, 0.6) is 11.5 Å². The Bertz CT molecular complexity index is 1320. The van der Waals surface area contributed by atoms with Gasteiger partial charge in [-0.25, -0.2) is 0 Å². The molecule has 7 heteroatoms. The van der Waals surface area contributed by atoms with E-state index >= 15 is 0 Å². The van der Waals surface area contributed by atoms with Gasteiger partial charge in [0.15, 0.2) is 0 Å². The van der Waals surface area contributed by atoms with E-state index in [1.165, 1.54) is 4.90 Å². The van der Waals surface area contributed by atoms with Gasteiger partial charge < -0.3 is 19.7 Å². The Morgan fingerprint density at radius 1 is 1.22 bits per heavy atom. The maximum atomic E-state index is 14.2. The summed E-state index contributed by atoms with van der Waals surface area (Å²) in [5.41, 5.74) is 3.33. The van der Waals surface area contributed by atoms with Crippen LogP contribution in [0.2, 0.25) is 0 Å². The fourth-order valence-electron chi connectivity index (χ4n) is 6.23. The van der Waals surface area contributed by atoms with Crippen LogP contribution in [0.25, 0.3) is 10.9 Å². The van der Waals surface area contributed by atoms with Crippen molar-refractivity contribution in [3.05, 3.63) is 59.3 Å². The number of methoxy groups -OCH3 is 1. The number of phenolic OH excluding ortho intramolecular Hbond substituents is 1. The first-order valence-electron chi connectivity index (χ1n) is 12.8. The third-order valence-electron chi connectivity index (χ3n) is 8.40. The standard InChI is InChI=1S/C29H35N3O4/c1-5-31(3)13-14-32-25(34)12-10-23-26(18-7-6-8-19(33)15-18)27-22(17-29(23,2)28(32)35)21-16-20(36-4)9-11-24(21)30-27/h6-9,11,15-16,23,26,30,33H,5,10,12-14,17H2,1-4H3/t23?,26-,29+/m0/s1. The van der Waals surface area contributed by atoms with Gasteiger partial charge in [0.25, 0.3) is 0 Å². The summed E-state index contributed by atoms with van der Waals surface area (Å²) >= 11 is 0. The first-order valence-corrected chi connectivity index (χ1v) is 12.8. The molecule has 1 aromatic heterocycles. The number of aromatic hydroxyl groups is 1. The van der Waals surface area contributed by atoms with Crippen LogP contribution < -0.4 is 4.74 Å². The minimum atomic E-state index is -0.766. The number of amides is 2. The van der Waals surface area contributed by atoms with Crippen LogP contribution in [-0.2, 0) is 16.0 Å². The number of H-pyrrole nitrogens is 1. The number of nitrogens with one attached hydrogen (secondary N) is 1. The number of likely N-dealkylation sites (N-methyl/N-ethyl adjacent to an activating group) is 1. The molecule has 5 rings (SSSR count). The lowest BCUT2D eigenvalue weighted by molar-refractivity contribution is -0.151. The van der Waals surface area contributed by atoms with Crippen molar-refractivity contribution in [2.75, 3.05) is 33.8 Å². The van der Waals surface area contributed by atoms with Crippen molar-refractivity contribution >= 4 is 22.7 Å². The van der Waals surface area contributed by atoms with Gasteiger partial charge in [0, 0.05) is 42.0 Å². The van der Waals surface area contributed by atoms with Crippen LogP contribution in [0.15, 0.2) is 42.5 Å². The summed E-state index contributed by atoms with van der Waals surface area (Å²) in [6.45, 7) is 6.01. The molecule has 1 unspecified atom stereocenters. The fourth-order valence-corrected chi connectivity index (χ4v) is 6.23. The van der Waals surface area contributed by atoms with E-state index in [2.05, 4.69) is 16.8 Å². The van der Waals surface area contributed by atoms with E-state index in [4.69, 9.17) is 4.74 Å². The SMILES string of the molecule is CCN(C)CCN1C(=O)CCC2[C@H](c3cccc(O)c3)c3[nH]c4ccc(OC)cc4c3C[C@@]2(C)C1=O. The van der Waals surface area contributed by atoms with E-state index in [-0.39, 0.29) is 29.4 Å². The Kier molecular flexibility index (Phi) is 6.29. The molecule has 7 nitrogen and oxygen atoms in total. The summed E-state index contributed by atoms with van der Waals surface area (Å²) in [4.78, 5) is 34.7. The first kappa shape index (κ1) is 24.4. The summed E-state index contributed by atoms with van der Waals surface area (Å²) < 4.78 is 5.51. The number of nitrogens with zero attached hydrogens (tertiary/aromatic N) is 2. The molecule has 3 atom stereocenters. The molecule has 1 aliphatic heterocycles. The van der Waals surface area contributed by atoms with Gasteiger partial charge in [0.05, 0.1) is 12.5 Å². The van der Waals surface area contributed by atoms with Crippen LogP contribution in [0.3, 0.4) is 0 Å². The summed E-state index contributed by atoms with van der Waals surface area (Å²) in [7, 11) is 3.65. The van der Waals surface area contributed by atoms with Gasteiger partial charge in [-0.3, -0.25) is 14.5 Å². The highest BCUT2D eigenvalue weighted by Gasteiger charge is 2.54. The van der Waals surface area contributed by atoms with Gasteiger partial charge in [-0.05, 0) is 73.8 Å². The van der Waals surface area contributed by atoms with E-state index in [1.54, 1.807) is 19.2 Å². The van der Waals surface area contributed by atoms with E-state index in [9.17, 15) is 14.7 Å². The number of imide groups is 1. The average Bonchev–Trinajstić information content (AvgIpc) is 3.19. The number of aromatic amines is 1. The Balaban J connectivity index is 1.67.